The van der Waals surface area contributed by atoms with Crippen LogP contribution in [0.5, 0.6) is 0 Å². The summed E-state index contributed by atoms with van der Waals surface area (Å²) in [6, 6.07) is 4.41. The van der Waals surface area contributed by atoms with Gasteiger partial charge in [-0.25, -0.2) is 12.7 Å². The van der Waals surface area contributed by atoms with Crippen LogP contribution in [0.1, 0.15) is 25.3 Å². The van der Waals surface area contributed by atoms with Crippen LogP contribution in [0.3, 0.4) is 0 Å². The summed E-state index contributed by atoms with van der Waals surface area (Å²) in [6.45, 7) is 2.53. The summed E-state index contributed by atoms with van der Waals surface area (Å²) in [7, 11) is -0.536. The van der Waals surface area contributed by atoms with Crippen molar-refractivity contribution in [2.45, 2.75) is 37.1 Å². The number of fused-ring (bicyclic) bond motifs is 1. The lowest BCUT2D eigenvalue weighted by Gasteiger charge is -2.22. The van der Waals surface area contributed by atoms with Crippen molar-refractivity contribution < 1.29 is 13.2 Å². The summed E-state index contributed by atoms with van der Waals surface area (Å²) in [6.07, 6.45) is 2.19. The maximum absolute atomic E-state index is 12.4. The molecule has 6 nitrogen and oxygen atoms in total. The topological polar surface area (TPSA) is 83.7 Å². The third-order valence-corrected chi connectivity index (χ3v) is 5.72. The van der Waals surface area contributed by atoms with E-state index in [-0.39, 0.29) is 10.8 Å². The maximum atomic E-state index is 12.4. The van der Waals surface area contributed by atoms with Crippen molar-refractivity contribution in [3.63, 3.8) is 0 Å². The predicted octanol–water partition coefficient (Wildman–Crippen LogP) is 0.953. The lowest BCUT2D eigenvalue weighted by molar-refractivity contribution is -0.119. The largest absolute Gasteiger partial charge is 0.320 e. The first-order valence-electron chi connectivity index (χ1n) is 7.41. The van der Waals surface area contributed by atoms with Crippen molar-refractivity contribution in [3.05, 3.63) is 23.8 Å². The van der Waals surface area contributed by atoms with Gasteiger partial charge in [-0.3, -0.25) is 4.79 Å². The first-order valence-corrected chi connectivity index (χ1v) is 8.85. The Labute approximate surface area is 131 Å². The van der Waals surface area contributed by atoms with E-state index in [9.17, 15) is 13.2 Å². The molecule has 0 saturated carbocycles. The van der Waals surface area contributed by atoms with Crippen LogP contribution < -0.4 is 10.6 Å². The first-order chi connectivity index (χ1) is 10.3. The molecule has 1 amide bonds. The van der Waals surface area contributed by atoms with Crippen LogP contribution in [0.2, 0.25) is 0 Å². The average Bonchev–Trinajstić information content (AvgIpc) is 2.89. The summed E-state index contributed by atoms with van der Waals surface area (Å²) in [4.78, 5) is 14.2. The maximum Gasteiger partial charge on any atom is 0.243 e. The molecule has 1 heterocycles. The average molecular weight is 325 g/mol. The van der Waals surface area contributed by atoms with Gasteiger partial charge in [0.15, 0.2) is 0 Å². The van der Waals surface area contributed by atoms with E-state index in [1.165, 1.54) is 18.4 Å². The number of rotatable bonds is 5. The Hall–Kier alpha value is -1.44. The molecule has 2 rings (SSSR count). The van der Waals surface area contributed by atoms with Gasteiger partial charge in [0.25, 0.3) is 0 Å². The predicted molar refractivity (Wildman–Crippen MR) is 86.3 cm³/mol. The summed E-state index contributed by atoms with van der Waals surface area (Å²) in [5.74, 6) is -0.139. The van der Waals surface area contributed by atoms with Crippen molar-refractivity contribution >= 4 is 21.6 Å². The number of sulfonamides is 1. The second kappa shape index (κ2) is 6.36. The molecule has 0 saturated heterocycles. The van der Waals surface area contributed by atoms with Gasteiger partial charge in [0.2, 0.25) is 15.9 Å². The zero-order valence-electron chi connectivity index (χ0n) is 13.2. The summed E-state index contributed by atoms with van der Waals surface area (Å²) < 4.78 is 25.7. The van der Waals surface area contributed by atoms with Gasteiger partial charge in [-0.05, 0) is 30.5 Å². The molecule has 1 aliphatic heterocycles. The molecule has 0 fully saturated rings. The fourth-order valence-corrected chi connectivity index (χ4v) is 3.52. The van der Waals surface area contributed by atoms with E-state index >= 15 is 0 Å². The minimum Gasteiger partial charge on any atom is -0.320 e. The number of nitrogens with two attached hydrogens (primary N) is 1. The molecule has 2 N–H and O–H groups in total. The van der Waals surface area contributed by atoms with Crippen LogP contribution in [0, 0.1) is 0 Å². The number of hydrogen-bond donors (Lipinski definition) is 1. The zero-order chi connectivity index (χ0) is 16.5. The highest BCUT2D eigenvalue weighted by molar-refractivity contribution is 7.89. The van der Waals surface area contributed by atoms with E-state index in [2.05, 4.69) is 0 Å². The van der Waals surface area contributed by atoms with Gasteiger partial charge in [-0.15, -0.1) is 0 Å². The van der Waals surface area contributed by atoms with Gasteiger partial charge >= 0.3 is 0 Å². The Morgan fingerprint density at radius 2 is 2.09 bits per heavy atom. The molecular weight excluding hydrogens is 302 g/mol. The second-order valence-corrected chi connectivity index (χ2v) is 7.86. The van der Waals surface area contributed by atoms with Crippen LogP contribution >= 0.6 is 0 Å². The fraction of sp³-hybridized carbons (Fsp3) is 0.533. The van der Waals surface area contributed by atoms with E-state index < -0.39 is 16.1 Å². The normalized spacial score (nSPS) is 16.0. The Morgan fingerprint density at radius 1 is 1.41 bits per heavy atom. The highest BCUT2D eigenvalue weighted by Gasteiger charge is 2.29. The standard InChI is InChI=1S/C15H23N3O3S/c1-4-5-13(16)15(19)18-9-8-11-6-7-12(10-14(11)18)22(20,21)17(2)3/h6-7,10,13H,4-5,8-9,16H2,1-3H3. The van der Waals surface area contributed by atoms with E-state index in [0.717, 1.165) is 18.4 Å². The van der Waals surface area contributed by atoms with Crippen molar-refractivity contribution in [2.24, 2.45) is 5.73 Å². The number of benzene rings is 1. The third kappa shape index (κ3) is 3.02. The molecule has 1 aromatic carbocycles. The van der Waals surface area contributed by atoms with Gasteiger partial charge in [0, 0.05) is 26.3 Å². The van der Waals surface area contributed by atoms with Crippen LogP contribution in [-0.4, -0.2) is 45.3 Å². The van der Waals surface area contributed by atoms with Crippen molar-refractivity contribution in [3.8, 4) is 0 Å². The summed E-state index contributed by atoms with van der Waals surface area (Å²) in [5.41, 5.74) is 7.57. The number of carbonyl (C=O) groups is 1. The van der Waals surface area contributed by atoms with Crippen LogP contribution in [0.15, 0.2) is 23.1 Å². The molecular formula is C15H23N3O3S. The van der Waals surface area contributed by atoms with E-state index in [0.29, 0.717) is 18.7 Å². The molecule has 22 heavy (non-hydrogen) atoms. The first kappa shape index (κ1) is 16.9. The number of hydrogen-bond acceptors (Lipinski definition) is 4. The Kier molecular flexibility index (Phi) is 4.89. The van der Waals surface area contributed by atoms with E-state index in [4.69, 9.17) is 5.73 Å². The van der Waals surface area contributed by atoms with Crippen LogP contribution in [0.25, 0.3) is 0 Å². The molecule has 7 heteroatoms. The number of amides is 1. The molecule has 122 valence electrons. The lowest BCUT2D eigenvalue weighted by Crippen LogP contribution is -2.43. The van der Waals surface area contributed by atoms with Gasteiger partial charge in [0.05, 0.1) is 10.9 Å². The van der Waals surface area contributed by atoms with Gasteiger partial charge < -0.3 is 10.6 Å². The van der Waals surface area contributed by atoms with Gasteiger partial charge in [-0.1, -0.05) is 19.4 Å². The number of anilines is 1. The lowest BCUT2D eigenvalue weighted by atomic mass is 10.1. The molecule has 0 spiro atoms. The number of carbonyl (C=O) groups excluding carboxylic acids is 1. The monoisotopic (exact) mass is 325 g/mol. The van der Waals surface area contributed by atoms with E-state index in [1.807, 2.05) is 6.92 Å². The molecule has 1 unspecified atom stereocenters. The smallest absolute Gasteiger partial charge is 0.243 e. The SMILES string of the molecule is CCCC(N)C(=O)N1CCc2ccc(S(=O)(=O)N(C)C)cc21. The number of nitrogens with zero attached hydrogens (tertiary/aromatic N) is 2. The van der Waals surface area contributed by atoms with E-state index in [1.54, 1.807) is 23.1 Å². The Balaban J connectivity index is 2.37. The molecule has 1 aliphatic rings. The Morgan fingerprint density at radius 3 is 2.68 bits per heavy atom. The molecule has 1 atom stereocenters. The summed E-state index contributed by atoms with van der Waals surface area (Å²) in [5, 5.41) is 0. The molecule has 0 aliphatic carbocycles. The highest BCUT2D eigenvalue weighted by Crippen LogP contribution is 2.31. The molecule has 0 bridgehead atoms. The molecule has 0 radical (unpaired) electrons. The van der Waals surface area contributed by atoms with Crippen molar-refractivity contribution in [1.29, 1.82) is 0 Å². The third-order valence-electron chi connectivity index (χ3n) is 3.91. The van der Waals surface area contributed by atoms with Gasteiger partial charge in [0.1, 0.15) is 0 Å². The highest BCUT2D eigenvalue weighted by atomic mass is 32.2. The Bertz CT molecular complexity index is 671. The van der Waals surface area contributed by atoms with Crippen molar-refractivity contribution in [2.75, 3.05) is 25.5 Å². The van der Waals surface area contributed by atoms with Gasteiger partial charge in [-0.2, -0.15) is 0 Å². The molecule has 0 aromatic heterocycles. The summed E-state index contributed by atoms with van der Waals surface area (Å²) >= 11 is 0. The zero-order valence-corrected chi connectivity index (χ0v) is 14.1. The molecule has 1 aromatic rings. The van der Waals surface area contributed by atoms with Crippen LogP contribution in [0.4, 0.5) is 5.69 Å². The minimum absolute atomic E-state index is 0.139. The fourth-order valence-electron chi connectivity index (χ4n) is 2.59. The van der Waals surface area contributed by atoms with Crippen LogP contribution in [-0.2, 0) is 21.2 Å². The quantitative estimate of drug-likeness (QED) is 0.874. The minimum atomic E-state index is -3.51. The van der Waals surface area contributed by atoms with Crippen molar-refractivity contribution in [1.82, 2.24) is 4.31 Å². The second-order valence-electron chi connectivity index (χ2n) is 5.71.